The van der Waals surface area contributed by atoms with E-state index in [0.29, 0.717) is 12.2 Å². The van der Waals surface area contributed by atoms with Crippen LogP contribution in [0, 0.1) is 0 Å². The predicted octanol–water partition coefficient (Wildman–Crippen LogP) is 3.43. The van der Waals surface area contributed by atoms with Crippen LogP contribution in [0.15, 0.2) is 48.6 Å². The highest BCUT2D eigenvalue weighted by Gasteiger charge is 2.29. The van der Waals surface area contributed by atoms with E-state index in [2.05, 4.69) is 29.2 Å². The molecule has 0 saturated carbocycles. The molecule has 2 aromatic carbocycles. The van der Waals surface area contributed by atoms with E-state index in [1.807, 2.05) is 12.1 Å². The Morgan fingerprint density at radius 2 is 1.74 bits per heavy atom. The molecule has 8 nitrogen and oxygen atoms in total. The summed E-state index contributed by atoms with van der Waals surface area (Å²) >= 11 is 0. The van der Waals surface area contributed by atoms with Gasteiger partial charge in [-0.1, -0.05) is 12.1 Å². The topological polar surface area (TPSA) is 94.5 Å². The fourth-order valence-electron chi connectivity index (χ4n) is 4.20. The minimum absolute atomic E-state index is 0.111. The van der Waals surface area contributed by atoms with E-state index < -0.39 is 11.9 Å². The molecule has 0 radical (unpaired) electrons. The van der Waals surface area contributed by atoms with Crippen LogP contribution in [-0.4, -0.2) is 63.0 Å². The first kappa shape index (κ1) is 25.1. The summed E-state index contributed by atoms with van der Waals surface area (Å²) < 4.78 is 21.5. The van der Waals surface area contributed by atoms with Crippen molar-refractivity contribution in [3.8, 4) is 17.2 Å². The van der Waals surface area contributed by atoms with E-state index in [1.165, 1.54) is 16.7 Å². The summed E-state index contributed by atoms with van der Waals surface area (Å²) in [5, 5.41) is 8.61. The molecule has 1 N–H and O–H groups in total. The standard InChI is InChI=1S/C26H31NO7/c1-31-20-7-5-18(6-8-20)15-22-21-17-24(33-3)23(32-2)16-19(21)11-13-27(22)12-4-14-34-26(30)10-9-25(28)29/h5-10,16-17,22H,4,11-15H2,1-3H3,(H,28,29)/b10-9-/t22-/m1/s1. The van der Waals surface area contributed by atoms with Crippen LogP contribution < -0.4 is 14.2 Å². The first-order valence-corrected chi connectivity index (χ1v) is 11.1. The van der Waals surface area contributed by atoms with Crippen LogP contribution >= 0.6 is 0 Å². The van der Waals surface area contributed by atoms with Crippen molar-refractivity contribution in [2.24, 2.45) is 0 Å². The third kappa shape index (κ3) is 6.51. The number of hydrogen-bond acceptors (Lipinski definition) is 7. The highest BCUT2D eigenvalue weighted by molar-refractivity contribution is 5.90. The zero-order chi connectivity index (χ0) is 24.5. The Labute approximate surface area is 199 Å². The van der Waals surface area contributed by atoms with E-state index in [-0.39, 0.29) is 12.6 Å². The van der Waals surface area contributed by atoms with Gasteiger partial charge < -0.3 is 24.1 Å². The molecule has 3 rings (SSSR count). The minimum atomic E-state index is -1.18. The number of carboxylic acids is 1. The summed E-state index contributed by atoms with van der Waals surface area (Å²) in [6.07, 6.45) is 4.00. The molecular formula is C26H31NO7. The van der Waals surface area contributed by atoms with E-state index in [4.69, 9.17) is 24.1 Å². The van der Waals surface area contributed by atoms with E-state index in [9.17, 15) is 9.59 Å². The molecule has 1 atom stereocenters. The number of aliphatic carboxylic acids is 1. The maximum atomic E-state index is 11.6. The summed E-state index contributed by atoms with van der Waals surface area (Å²) in [6.45, 7) is 1.80. The van der Waals surface area contributed by atoms with Gasteiger partial charge in [0.05, 0.1) is 27.9 Å². The number of benzene rings is 2. The van der Waals surface area contributed by atoms with Crippen LogP contribution in [0.4, 0.5) is 0 Å². The molecule has 2 aromatic rings. The van der Waals surface area contributed by atoms with Crippen molar-refractivity contribution in [3.05, 3.63) is 65.2 Å². The highest BCUT2D eigenvalue weighted by atomic mass is 16.5. The quantitative estimate of drug-likeness (QED) is 0.304. The average molecular weight is 470 g/mol. The number of carboxylic acid groups (broad SMARTS) is 1. The number of ether oxygens (including phenoxy) is 4. The molecule has 0 aromatic heterocycles. The smallest absolute Gasteiger partial charge is 0.331 e. The van der Waals surface area contributed by atoms with E-state index in [1.54, 1.807) is 21.3 Å². The maximum absolute atomic E-state index is 11.6. The number of esters is 1. The number of carbonyl (C=O) groups is 2. The number of carbonyl (C=O) groups excluding carboxylic acids is 1. The summed E-state index contributed by atoms with van der Waals surface area (Å²) in [4.78, 5) is 24.5. The van der Waals surface area contributed by atoms with Crippen molar-refractivity contribution in [2.75, 3.05) is 41.0 Å². The summed E-state index contributed by atoms with van der Waals surface area (Å²) in [6, 6.07) is 12.3. The highest BCUT2D eigenvalue weighted by Crippen LogP contribution is 2.39. The lowest BCUT2D eigenvalue weighted by Crippen LogP contribution is -2.37. The molecule has 0 fully saturated rings. The van der Waals surface area contributed by atoms with Crippen LogP contribution in [0.1, 0.15) is 29.2 Å². The molecule has 8 heteroatoms. The molecule has 0 amide bonds. The van der Waals surface area contributed by atoms with Crippen molar-refractivity contribution in [1.82, 2.24) is 4.90 Å². The molecule has 0 saturated heterocycles. The Morgan fingerprint density at radius 3 is 2.38 bits per heavy atom. The van der Waals surface area contributed by atoms with E-state index >= 15 is 0 Å². The molecule has 1 aliphatic rings. The third-order valence-corrected chi connectivity index (χ3v) is 5.90. The van der Waals surface area contributed by atoms with Gasteiger partial charge >= 0.3 is 11.9 Å². The zero-order valence-corrected chi connectivity index (χ0v) is 19.8. The van der Waals surface area contributed by atoms with Crippen molar-refractivity contribution in [2.45, 2.75) is 25.3 Å². The molecule has 0 bridgehead atoms. The average Bonchev–Trinajstić information content (AvgIpc) is 2.85. The number of fused-ring (bicyclic) bond motifs is 1. The van der Waals surface area contributed by atoms with Gasteiger partial charge in [-0.3, -0.25) is 4.90 Å². The van der Waals surface area contributed by atoms with Gasteiger partial charge in [0.25, 0.3) is 0 Å². The largest absolute Gasteiger partial charge is 0.497 e. The lowest BCUT2D eigenvalue weighted by Gasteiger charge is -2.38. The second kappa shape index (κ2) is 12.1. The molecule has 182 valence electrons. The van der Waals surface area contributed by atoms with Crippen LogP contribution in [0.25, 0.3) is 0 Å². The summed E-state index contributed by atoms with van der Waals surface area (Å²) in [5.41, 5.74) is 3.61. The number of nitrogens with zero attached hydrogens (tertiary/aromatic N) is 1. The predicted molar refractivity (Wildman–Crippen MR) is 127 cm³/mol. The fraction of sp³-hybridized carbons (Fsp3) is 0.385. The van der Waals surface area contributed by atoms with Crippen molar-refractivity contribution < 1.29 is 33.6 Å². The second-order valence-electron chi connectivity index (χ2n) is 7.95. The number of methoxy groups -OCH3 is 3. The van der Waals surface area contributed by atoms with Crippen molar-refractivity contribution in [3.63, 3.8) is 0 Å². The number of hydrogen-bond donors (Lipinski definition) is 1. The first-order chi connectivity index (χ1) is 16.4. The van der Waals surface area contributed by atoms with Crippen LogP contribution in [0.5, 0.6) is 17.2 Å². The van der Waals surface area contributed by atoms with Gasteiger partial charge in [0.2, 0.25) is 0 Å². The first-order valence-electron chi connectivity index (χ1n) is 11.1. The Bertz CT molecular complexity index is 1020. The van der Waals surface area contributed by atoms with Gasteiger partial charge in [0.15, 0.2) is 11.5 Å². The maximum Gasteiger partial charge on any atom is 0.331 e. The third-order valence-electron chi connectivity index (χ3n) is 5.90. The molecule has 0 unspecified atom stereocenters. The lowest BCUT2D eigenvalue weighted by molar-refractivity contribution is -0.139. The minimum Gasteiger partial charge on any atom is -0.497 e. The van der Waals surface area contributed by atoms with Gasteiger partial charge in [-0.25, -0.2) is 9.59 Å². The van der Waals surface area contributed by atoms with Gasteiger partial charge in [-0.15, -0.1) is 0 Å². The van der Waals surface area contributed by atoms with E-state index in [0.717, 1.165) is 49.6 Å². The Kier molecular flexibility index (Phi) is 8.93. The fourth-order valence-corrected chi connectivity index (χ4v) is 4.20. The van der Waals surface area contributed by atoms with Crippen LogP contribution in [0.3, 0.4) is 0 Å². The monoisotopic (exact) mass is 469 g/mol. The lowest BCUT2D eigenvalue weighted by atomic mass is 9.88. The van der Waals surface area contributed by atoms with Crippen molar-refractivity contribution >= 4 is 11.9 Å². The van der Waals surface area contributed by atoms with Gasteiger partial charge in [0, 0.05) is 31.3 Å². The molecule has 1 heterocycles. The Balaban J connectivity index is 1.76. The van der Waals surface area contributed by atoms with Crippen LogP contribution in [-0.2, 0) is 27.2 Å². The molecular weight excluding hydrogens is 438 g/mol. The van der Waals surface area contributed by atoms with Gasteiger partial charge in [-0.05, 0) is 60.2 Å². The second-order valence-corrected chi connectivity index (χ2v) is 7.95. The number of rotatable bonds is 11. The summed E-state index contributed by atoms with van der Waals surface area (Å²) in [7, 11) is 4.93. The zero-order valence-electron chi connectivity index (χ0n) is 19.8. The summed E-state index contributed by atoms with van der Waals surface area (Å²) in [5.74, 6) is 0.395. The molecule has 0 spiro atoms. The Morgan fingerprint density at radius 1 is 1.03 bits per heavy atom. The molecule has 0 aliphatic carbocycles. The van der Waals surface area contributed by atoms with Gasteiger partial charge in [-0.2, -0.15) is 0 Å². The van der Waals surface area contributed by atoms with Crippen LogP contribution in [0.2, 0.25) is 0 Å². The SMILES string of the molecule is COc1ccc(C[C@@H]2c3cc(OC)c(OC)cc3CCN2CCCOC(=O)/C=C\C(=O)O)cc1. The Hall–Kier alpha value is -3.52. The molecule has 1 aliphatic heterocycles. The normalized spacial score (nSPS) is 15.6. The van der Waals surface area contributed by atoms with Crippen molar-refractivity contribution in [1.29, 1.82) is 0 Å². The molecule has 34 heavy (non-hydrogen) atoms. The van der Waals surface area contributed by atoms with Gasteiger partial charge in [0.1, 0.15) is 5.75 Å².